The quantitative estimate of drug-likeness (QED) is 0.587. The fourth-order valence-corrected chi connectivity index (χ4v) is 2.81. The van der Waals surface area contributed by atoms with E-state index in [9.17, 15) is 4.79 Å². The molecule has 2 N–H and O–H groups in total. The molecule has 0 spiro atoms. The Morgan fingerprint density at radius 2 is 1.95 bits per heavy atom. The summed E-state index contributed by atoms with van der Waals surface area (Å²) in [6.45, 7) is 3.91. The maximum atomic E-state index is 12.2. The van der Waals surface area contributed by atoms with Crippen LogP contribution in [0.25, 0.3) is 0 Å². The second-order valence-corrected chi connectivity index (χ2v) is 8.20. The van der Waals surface area contributed by atoms with Crippen molar-refractivity contribution in [1.82, 2.24) is 5.32 Å². The summed E-state index contributed by atoms with van der Waals surface area (Å²) in [6.07, 6.45) is -0.854. The van der Waals surface area contributed by atoms with Gasteiger partial charge in [-0.15, -0.1) is 11.3 Å². The summed E-state index contributed by atoms with van der Waals surface area (Å²) < 4.78 is -1.69. The van der Waals surface area contributed by atoms with Crippen LogP contribution in [0.3, 0.4) is 0 Å². The largest absolute Gasteiger partial charge is 0.362 e. The topological polar surface area (TPSA) is 41.1 Å². The van der Waals surface area contributed by atoms with Crippen LogP contribution in [-0.2, 0) is 0 Å². The molecule has 1 amide bonds. The maximum Gasteiger partial charge on any atom is 0.263 e. The number of thiophene rings is 1. The van der Waals surface area contributed by atoms with Crippen LogP contribution in [0.4, 0.5) is 5.69 Å². The number of hydrogen-bond acceptors (Lipinski definition) is 3. The number of carbonyl (C=O) groups is 1. The summed E-state index contributed by atoms with van der Waals surface area (Å²) in [5, 5.41) is 7.63. The van der Waals surface area contributed by atoms with Crippen LogP contribution in [0.2, 0.25) is 0 Å². The molecule has 0 bridgehead atoms. The van der Waals surface area contributed by atoms with Gasteiger partial charge in [-0.05, 0) is 42.5 Å². The average Bonchev–Trinajstić information content (AvgIpc) is 2.95. The Bertz CT molecular complexity index is 653. The molecule has 1 aromatic heterocycles. The fourth-order valence-electron chi connectivity index (χ4n) is 1.86. The first-order valence-corrected chi connectivity index (χ1v) is 8.53. The van der Waals surface area contributed by atoms with Crippen LogP contribution < -0.4 is 10.6 Å². The Balaban J connectivity index is 2.20. The van der Waals surface area contributed by atoms with Crippen LogP contribution >= 0.6 is 46.1 Å². The minimum absolute atomic E-state index is 0.288. The standard InChI is InChI=1S/C15H15Cl3N2OS/c1-9-5-6-10(2)11(8-9)19-14(15(16,17)18)20-13(21)12-4-3-7-22-12/h3-8,14,19H,1-2H3,(H,20,21)/t14-/m1/s1. The fraction of sp³-hybridized carbons (Fsp3) is 0.267. The Hall–Kier alpha value is -0.940. The number of rotatable bonds is 4. The molecular formula is C15H15Cl3N2OS. The molecule has 22 heavy (non-hydrogen) atoms. The maximum absolute atomic E-state index is 12.2. The van der Waals surface area contributed by atoms with Gasteiger partial charge in [0, 0.05) is 5.69 Å². The SMILES string of the molecule is Cc1ccc(C)c(N[C@H](NC(=O)c2cccs2)C(Cl)(Cl)Cl)c1. The van der Waals surface area contributed by atoms with E-state index < -0.39 is 9.96 Å². The first-order chi connectivity index (χ1) is 10.3. The van der Waals surface area contributed by atoms with Gasteiger partial charge in [-0.2, -0.15) is 0 Å². The zero-order valence-electron chi connectivity index (χ0n) is 12.0. The molecule has 3 nitrogen and oxygen atoms in total. The van der Waals surface area contributed by atoms with E-state index >= 15 is 0 Å². The van der Waals surface area contributed by atoms with Crippen LogP contribution in [0.5, 0.6) is 0 Å². The minimum atomic E-state index is -1.69. The molecular weight excluding hydrogens is 363 g/mol. The number of nitrogens with one attached hydrogen (secondary N) is 2. The highest BCUT2D eigenvalue weighted by molar-refractivity contribution is 7.12. The number of carbonyl (C=O) groups excluding carboxylic acids is 1. The Morgan fingerprint density at radius 3 is 2.55 bits per heavy atom. The molecule has 0 saturated heterocycles. The van der Waals surface area contributed by atoms with Gasteiger partial charge in [-0.25, -0.2) is 0 Å². The van der Waals surface area contributed by atoms with Crippen LogP contribution in [0.1, 0.15) is 20.8 Å². The molecule has 0 unspecified atom stereocenters. The zero-order chi connectivity index (χ0) is 16.3. The average molecular weight is 378 g/mol. The summed E-state index contributed by atoms with van der Waals surface area (Å²) in [4.78, 5) is 12.7. The summed E-state index contributed by atoms with van der Waals surface area (Å²) >= 11 is 19.3. The lowest BCUT2D eigenvalue weighted by molar-refractivity contribution is 0.0946. The molecule has 0 aliphatic carbocycles. The number of halogens is 3. The highest BCUT2D eigenvalue weighted by atomic mass is 35.6. The van der Waals surface area contributed by atoms with Crippen molar-refractivity contribution in [3.63, 3.8) is 0 Å². The van der Waals surface area contributed by atoms with E-state index in [-0.39, 0.29) is 5.91 Å². The number of anilines is 1. The first kappa shape index (κ1) is 17.4. The van der Waals surface area contributed by atoms with Crippen molar-refractivity contribution in [2.24, 2.45) is 0 Å². The third-order valence-electron chi connectivity index (χ3n) is 3.04. The summed E-state index contributed by atoms with van der Waals surface area (Å²) in [5.41, 5.74) is 2.87. The molecule has 2 aromatic rings. The number of aryl methyl sites for hydroxylation is 2. The van der Waals surface area contributed by atoms with Gasteiger partial charge in [0.1, 0.15) is 6.17 Å². The van der Waals surface area contributed by atoms with Gasteiger partial charge in [0.15, 0.2) is 0 Å². The summed E-state index contributed by atoms with van der Waals surface area (Å²) in [5.74, 6) is -0.288. The van der Waals surface area contributed by atoms with Crippen LogP contribution in [-0.4, -0.2) is 15.9 Å². The van der Waals surface area contributed by atoms with Gasteiger partial charge < -0.3 is 10.6 Å². The van der Waals surface area contributed by atoms with Crippen molar-refractivity contribution < 1.29 is 4.79 Å². The van der Waals surface area contributed by atoms with Crippen molar-refractivity contribution in [3.05, 3.63) is 51.7 Å². The lowest BCUT2D eigenvalue weighted by Gasteiger charge is -2.28. The monoisotopic (exact) mass is 376 g/mol. The lowest BCUT2D eigenvalue weighted by atomic mass is 10.1. The molecule has 1 atom stereocenters. The second kappa shape index (κ2) is 7.09. The van der Waals surface area contributed by atoms with Gasteiger partial charge in [0.2, 0.25) is 3.79 Å². The minimum Gasteiger partial charge on any atom is -0.362 e. The van der Waals surface area contributed by atoms with Crippen LogP contribution in [0.15, 0.2) is 35.7 Å². The lowest BCUT2D eigenvalue weighted by Crippen LogP contribution is -2.49. The van der Waals surface area contributed by atoms with E-state index in [4.69, 9.17) is 34.8 Å². The number of amides is 1. The van der Waals surface area contributed by atoms with E-state index in [0.717, 1.165) is 16.8 Å². The van der Waals surface area contributed by atoms with Gasteiger partial charge in [0.25, 0.3) is 5.91 Å². The number of alkyl halides is 3. The highest BCUT2D eigenvalue weighted by Gasteiger charge is 2.34. The Kier molecular flexibility index (Phi) is 5.61. The molecule has 7 heteroatoms. The predicted molar refractivity (Wildman–Crippen MR) is 95.4 cm³/mol. The third kappa shape index (κ3) is 4.53. The van der Waals surface area contributed by atoms with Crippen molar-refractivity contribution in [2.75, 3.05) is 5.32 Å². The number of hydrogen-bond donors (Lipinski definition) is 2. The summed E-state index contributed by atoms with van der Waals surface area (Å²) in [7, 11) is 0. The number of benzene rings is 1. The molecule has 0 saturated carbocycles. The predicted octanol–water partition coefficient (Wildman–Crippen LogP) is 4.90. The molecule has 0 radical (unpaired) electrons. The molecule has 0 fully saturated rings. The Morgan fingerprint density at radius 1 is 1.23 bits per heavy atom. The summed E-state index contributed by atoms with van der Waals surface area (Å²) in [6, 6.07) is 9.41. The van der Waals surface area contributed by atoms with E-state index in [2.05, 4.69) is 10.6 Å². The second-order valence-electron chi connectivity index (χ2n) is 4.89. The smallest absolute Gasteiger partial charge is 0.263 e. The van der Waals surface area contributed by atoms with Crippen molar-refractivity contribution in [2.45, 2.75) is 23.8 Å². The zero-order valence-corrected chi connectivity index (χ0v) is 15.1. The molecule has 1 heterocycles. The van der Waals surface area contributed by atoms with Crippen molar-refractivity contribution >= 4 is 57.7 Å². The first-order valence-electron chi connectivity index (χ1n) is 6.52. The van der Waals surface area contributed by atoms with Gasteiger partial charge in [-0.1, -0.05) is 53.0 Å². The highest BCUT2D eigenvalue weighted by Crippen LogP contribution is 2.32. The van der Waals surface area contributed by atoms with E-state index in [1.807, 2.05) is 37.4 Å². The molecule has 1 aromatic carbocycles. The van der Waals surface area contributed by atoms with E-state index in [1.165, 1.54) is 11.3 Å². The van der Waals surface area contributed by atoms with E-state index in [1.54, 1.807) is 12.1 Å². The van der Waals surface area contributed by atoms with Crippen molar-refractivity contribution in [1.29, 1.82) is 0 Å². The molecule has 2 rings (SSSR count). The van der Waals surface area contributed by atoms with E-state index in [0.29, 0.717) is 4.88 Å². The molecule has 118 valence electrons. The van der Waals surface area contributed by atoms with Gasteiger partial charge >= 0.3 is 0 Å². The van der Waals surface area contributed by atoms with Crippen LogP contribution in [0, 0.1) is 13.8 Å². The molecule has 0 aliphatic heterocycles. The third-order valence-corrected chi connectivity index (χ3v) is 4.56. The molecule has 0 aliphatic rings. The van der Waals surface area contributed by atoms with Gasteiger partial charge in [-0.3, -0.25) is 4.79 Å². The van der Waals surface area contributed by atoms with Gasteiger partial charge in [0.05, 0.1) is 4.88 Å². The van der Waals surface area contributed by atoms with Crippen molar-refractivity contribution in [3.8, 4) is 0 Å². The normalized spacial score (nSPS) is 12.8. The Labute approximate surface area is 148 Å².